The Morgan fingerprint density at radius 1 is 1.07 bits per heavy atom. The average Bonchev–Trinajstić information content (AvgIpc) is 2.65. The maximum absolute atomic E-state index is 13.0. The van der Waals surface area contributed by atoms with Crippen LogP contribution in [0.5, 0.6) is 5.75 Å². The van der Waals surface area contributed by atoms with Gasteiger partial charge in [0.25, 0.3) is 0 Å². The summed E-state index contributed by atoms with van der Waals surface area (Å²) in [7, 11) is 0. The summed E-state index contributed by atoms with van der Waals surface area (Å²) >= 11 is 0. The van der Waals surface area contributed by atoms with Crippen molar-refractivity contribution < 1.29 is 23.9 Å². The second-order valence-corrected chi connectivity index (χ2v) is 9.09. The fraction of sp³-hybridized carbons (Fsp3) is 0.609. The van der Waals surface area contributed by atoms with E-state index >= 15 is 0 Å². The van der Waals surface area contributed by atoms with Gasteiger partial charge in [0.2, 0.25) is 5.91 Å². The van der Waals surface area contributed by atoms with Crippen LogP contribution in [0.3, 0.4) is 0 Å². The smallest absolute Gasteiger partial charge is 0.408 e. The number of likely N-dealkylation sites (tertiary alicyclic amines) is 1. The molecule has 1 N–H and O–H groups in total. The number of benzene rings is 1. The van der Waals surface area contributed by atoms with E-state index in [1.54, 1.807) is 49.9 Å². The summed E-state index contributed by atoms with van der Waals surface area (Å²) < 4.78 is 11.3. The summed E-state index contributed by atoms with van der Waals surface area (Å²) in [6.07, 6.45) is 0.838. The minimum absolute atomic E-state index is 0.00791. The van der Waals surface area contributed by atoms with Gasteiger partial charge in [-0.25, -0.2) is 4.79 Å². The number of hydrogen-bond acceptors (Lipinski definition) is 5. The fourth-order valence-corrected chi connectivity index (χ4v) is 3.30. The third-order valence-corrected chi connectivity index (χ3v) is 4.92. The van der Waals surface area contributed by atoms with Gasteiger partial charge in [-0.05, 0) is 57.9 Å². The molecule has 0 bridgehead atoms. The molecule has 0 saturated carbocycles. The molecule has 1 saturated heterocycles. The van der Waals surface area contributed by atoms with E-state index in [0.717, 1.165) is 5.75 Å². The largest absolute Gasteiger partial charge is 0.490 e. The number of nitrogens with zero attached hydrogens (tertiary/aromatic N) is 1. The Bertz CT molecular complexity index is 744. The number of nitrogens with one attached hydrogen (secondary N) is 1. The first-order chi connectivity index (χ1) is 14.0. The summed E-state index contributed by atoms with van der Waals surface area (Å²) in [6, 6.07) is 6.48. The van der Waals surface area contributed by atoms with E-state index in [-0.39, 0.29) is 23.7 Å². The van der Waals surface area contributed by atoms with Crippen LogP contribution in [-0.2, 0) is 9.53 Å². The number of carbonyl (C=O) groups excluding carboxylic acids is 3. The molecule has 0 aliphatic carbocycles. The first-order valence-electron chi connectivity index (χ1n) is 10.5. The lowest BCUT2D eigenvalue weighted by Gasteiger charge is -2.35. The average molecular weight is 419 g/mol. The van der Waals surface area contributed by atoms with Crippen LogP contribution in [0.25, 0.3) is 0 Å². The number of piperidine rings is 1. The Morgan fingerprint density at radius 3 is 2.10 bits per heavy atom. The molecule has 1 aliphatic heterocycles. The molecule has 1 aromatic carbocycles. The fourth-order valence-electron chi connectivity index (χ4n) is 3.30. The van der Waals surface area contributed by atoms with Crippen molar-refractivity contribution in [2.75, 3.05) is 13.1 Å². The van der Waals surface area contributed by atoms with E-state index in [2.05, 4.69) is 5.32 Å². The van der Waals surface area contributed by atoms with Gasteiger partial charge in [0, 0.05) is 31.5 Å². The topological polar surface area (TPSA) is 84.9 Å². The lowest BCUT2D eigenvalue weighted by atomic mass is 10.0. The summed E-state index contributed by atoms with van der Waals surface area (Å²) in [6.45, 7) is 11.8. The van der Waals surface area contributed by atoms with Crippen LogP contribution in [0.4, 0.5) is 4.79 Å². The van der Waals surface area contributed by atoms with Gasteiger partial charge in [-0.3, -0.25) is 9.59 Å². The first-order valence-corrected chi connectivity index (χ1v) is 10.5. The molecule has 7 nitrogen and oxygen atoms in total. The zero-order valence-electron chi connectivity index (χ0n) is 18.9. The van der Waals surface area contributed by atoms with Crippen LogP contribution >= 0.6 is 0 Å². The molecule has 2 rings (SSSR count). The third-order valence-electron chi connectivity index (χ3n) is 4.92. The van der Waals surface area contributed by atoms with Gasteiger partial charge in [0.1, 0.15) is 23.5 Å². The highest BCUT2D eigenvalue weighted by Crippen LogP contribution is 2.21. The molecular weight excluding hydrogens is 384 g/mol. The zero-order chi connectivity index (χ0) is 22.5. The third kappa shape index (κ3) is 7.04. The number of amides is 2. The van der Waals surface area contributed by atoms with Gasteiger partial charge < -0.3 is 19.7 Å². The normalized spacial score (nSPS) is 16.2. The van der Waals surface area contributed by atoms with E-state index in [9.17, 15) is 14.4 Å². The number of rotatable bonds is 6. The van der Waals surface area contributed by atoms with Crippen LogP contribution in [0.1, 0.15) is 64.7 Å². The zero-order valence-corrected chi connectivity index (χ0v) is 18.9. The number of alkyl carbamates (subject to hydrolysis) is 1. The molecule has 2 amide bonds. The van der Waals surface area contributed by atoms with Crippen LogP contribution in [0.15, 0.2) is 24.3 Å². The van der Waals surface area contributed by atoms with E-state index in [4.69, 9.17) is 9.47 Å². The monoisotopic (exact) mass is 418 g/mol. The van der Waals surface area contributed by atoms with E-state index < -0.39 is 17.7 Å². The molecule has 1 atom stereocenters. The highest BCUT2D eigenvalue weighted by molar-refractivity contribution is 5.94. The van der Waals surface area contributed by atoms with Gasteiger partial charge in [0.15, 0.2) is 5.78 Å². The second kappa shape index (κ2) is 9.96. The SMILES string of the molecule is CC(=O)c1ccc(OC2CCN(C(=O)[C@@H](NC(=O)OC(C)(C)C)C(C)C)CC2)cc1. The maximum Gasteiger partial charge on any atom is 0.408 e. The standard InChI is InChI=1S/C23H34N2O5/c1-15(2)20(24-22(28)30-23(4,5)6)21(27)25-13-11-19(12-14-25)29-18-9-7-17(8-10-18)16(3)26/h7-10,15,19-20H,11-14H2,1-6H3,(H,24,28)/t20-/m0/s1. The maximum atomic E-state index is 13.0. The summed E-state index contributed by atoms with van der Waals surface area (Å²) in [4.78, 5) is 38.3. The van der Waals surface area contributed by atoms with Crippen LogP contribution in [-0.4, -0.2) is 53.5 Å². The molecule has 0 aromatic heterocycles. The number of ether oxygens (including phenoxy) is 2. The highest BCUT2D eigenvalue weighted by Gasteiger charge is 2.32. The molecule has 0 unspecified atom stereocenters. The Labute approximate surface area is 179 Å². The van der Waals surface area contributed by atoms with Gasteiger partial charge in [-0.1, -0.05) is 13.8 Å². The molecule has 30 heavy (non-hydrogen) atoms. The van der Waals surface area contributed by atoms with Crippen molar-refractivity contribution >= 4 is 17.8 Å². The minimum atomic E-state index is -0.628. The molecule has 1 aromatic rings. The molecule has 166 valence electrons. The molecule has 1 aliphatic rings. The number of carbonyl (C=O) groups is 3. The second-order valence-electron chi connectivity index (χ2n) is 9.09. The Balaban J connectivity index is 1.89. The lowest BCUT2D eigenvalue weighted by molar-refractivity contribution is -0.136. The van der Waals surface area contributed by atoms with Crippen molar-refractivity contribution in [2.45, 2.75) is 72.1 Å². The number of Topliss-reactive ketones (excluding diaryl/α,β-unsaturated/α-hetero) is 1. The Hall–Kier alpha value is -2.57. The van der Waals surface area contributed by atoms with Crippen LogP contribution < -0.4 is 10.1 Å². The molecule has 0 radical (unpaired) electrons. The van der Waals surface area contributed by atoms with Crippen molar-refractivity contribution in [2.24, 2.45) is 5.92 Å². The molecule has 7 heteroatoms. The van der Waals surface area contributed by atoms with Gasteiger partial charge >= 0.3 is 6.09 Å². The predicted molar refractivity (Wildman–Crippen MR) is 115 cm³/mol. The predicted octanol–water partition coefficient (Wildman–Crippen LogP) is 3.81. The molecule has 1 heterocycles. The summed E-state index contributed by atoms with van der Waals surface area (Å²) in [5.41, 5.74) is 0.0347. The van der Waals surface area contributed by atoms with Crippen molar-refractivity contribution in [1.82, 2.24) is 10.2 Å². The van der Waals surface area contributed by atoms with Crippen molar-refractivity contribution in [3.8, 4) is 5.75 Å². The van der Waals surface area contributed by atoms with Gasteiger partial charge in [0.05, 0.1) is 0 Å². The first kappa shape index (κ1) is 23.7. The molecule has 0 spiro atoms. The van der Waals surface area contributed by atoms with E-state index in [1.165, 1.54) is 6.92 Å². The summed E-state index contributed by atoms with van der Waals surface area (Å²) in [5.74, 6) is 0.586. The van der Waals surface area contributed by atoms with Crippen molar-refractivity contribution in [3.63, 3.8) is 0 Å². The van der Waals surface area contributed by atoms with Crippen LogP contribution in [0, 0.1) is 5.92 Å². The Kier molecular flexibility index (Phi) is 7.87. The van der Waals surface area contributed by atoms with Gasteiger partial charge in [-0.15, -0.1) is 0 Å². The Morgan fingerprint density at radius 2 is 1.63 bits per heavy atom. The van der Waals surface area contributed by atoms with E-state index in [0.29, 0.717) is 31.5 Å². The minimum Gasteiger partial charge on any atom is -0.490 e. The van der Waals surface area contributed by atoms with Crippen LogP contribution in [0.2, 0.25) is 0 Å². The lowest BCUT2D eigenvalue weighted by Crippen LogP contribution is -2.54. The summed E-state index contributed by atoms with van der Waals surface area (Å²) in [5, 5.41) is 2.72. The van der Waals surface area contributed by atoms with Crippen molar-refractivity contribution in [1.29, 1.82) is 0 Å². The van der Waals surface area contributed by atoms with Crippen molar-refractivity contribution in [3.05, 3.63) is 29.8 Å². The molecule has 1 fully saturated rings. The molecular formula is C23H34N2O5. The van der Waals surface area contributed by atoms with Gasteiger partial charge in [-0.2, -0.15) is 0 Å². The quantitative estimate of drug-likeness (QED) is 0.710. The highest BCUT2D eigenvalue weighted by atomic mass is 16.6. The number of hydrogen-bond donors (Lipinski definition) is 1. The van der Waals surface area contributed by atoms with E-state index in [1.807, 2.05) is 13.8 Å². The number of ketones is 1.